The number of aryl methyl sites for hydroxylation is 1. The lowest BCUT2D eigenvalue weighted by molar-refractivity contribution is -0.140. The zero-order chi connectivity index (χ0) is 18.9. The van der Waals surface area contributed by atoms with Crippen LogP contribution in [0.3, 0.4) is 0 Å². The van der Waals surface area contributed by atoms with E-state index in [1.54, 1.807) is 4.90 Å². The first-order chi connectivity index (χ1) is 12.3. The van der Waals surface area contributed by atoms with Crippen molar-refractivity contribution in [1.29, 1.82) is 0 Å². The lowest BCUT2D eigenvalue weighted by Crippen LogP contribution is -2.46. The number of amides is 1. The van der Waals surface area contributed by atoms with Gasteiger partial charge >= 0.3 is 0 Å². The number of aromatic amines is 1. The van der Waals surface area contributed by atoms with Crippen molar-refractivity contribution < 1.29 is 4.79 Å². The van der Waals surface area contributed by atoms with Crippen molar-refractivity contribution in [2.24, 2.45) is 5.41 Å². The number of alkyl halides is 1. The van der Waals surface area contributed by atoms with Crippen LogP contribution >= 0.6 is 11.6 Å². The van der Waals surface area contributed by atoms with E-state index in [9.17, 15) is 9.59 Å². The van der Waals surface area contributed by atoms with Gasteiger partial charge in [0.1, 0.15) is 5.82 Å². The Morgan fingerprint density at radius 1 is 1.31 bits per heavy atom. The van der Waals surface area contributed by atoms with Gasteiger partial charge in [-0.2, -0.15) is 0 Å². The van der Waals surface area contributed by atoms with Crippen molar-refractivity contribution in [3.05, 3.63) is 62.8 Å². The Morgan fingerprint density at radius 3 is 2.65 bits per heavy atom. The summed E-state index contributed by atoms with van der Waals surface area (Å²) in [6.45, 7) is 6.55. The Balaban J connectivity index is 1.82. The highest BCUT2D eigenvalue weighted by atomic mass is 35.5. The van der Waals surface area contributed by atoms with Crippen molar-refractivity contribution in [3.8, 4) is 0 Å². The Labute approximate surface area is 158 Å². The molecule has 2 aromatic rings. The van der Waals surface area contributed by atoms with Crippen LogP contribution in [0.4, 0.5) is 0 Å². The number of carbonyl (C=O) groups excluding carboxylic acids is 1. The molecule has 0 unspecified atom stereocenters. The first kappa shape index (κ1) is 18.6. The van der Waals surface area contributed by atoms with E-state index in [-0.39, 0.29) is 17.3 Å². The van der Waals surface area contributed by atoms with E-state index in [1.165, 1.54) is 5.56 Å². The van der Waals surface area contributed by atoms with E-state index in [4.69, 9.17) is 11.6 Å². The molecular formula is C20H24ClN3O2. The van der Waals surface area contributed by atoms with E-state index >= 15 is 0 Å². The van der Waals surface area contributed by atoms with Gasteiger partial charge in [0.15, 0.2) is 0 Å². The molecule has 1 aliphatic rings. The molecule has 0 spiro atoms. The second-order valence-corrected chi connectivity index (χ2v) is 7.86. The maximum absolute atomic E-state index is 12.6. The third-order valence-corrected chi connectivity index (χ3v) is 5.48. The highest BCUT2D eigenvalue weighted by molar-refractivity contribution is 6.19. The number of carbonyl (C=O) groups is 1. The fourth-order valence-electron chi connectivity index (χ4n) is 3.12. The summed E-state index contributed by atoms with van der Waals surface area (Å²) >= 11 is 5.92. The highest BCUT2D eigenvalue weighted by Crippen LogP contribution is 2.24. The first-order valence-electron chi connectivity index (χ1n) is 8.82. The quantitative estimate of drug-likeness (QED) is 0.838. The first-order valence-corrected chi connectivity index (χ1v) is 9.35. The van der Waals surface area contributed by atoms with Gasteiger partial charge in [0, 0.05) is 25.3 Å². The summed E-state index contributed by atoms with van der Waals surface area (Å²) in [5.41, 5.74) is 2.90. The number of hydrogen-bond acceptors (Lipinski definition) is 3. The number of fused-ring (bicyclic) bond motifs is 1. The van der Waals surface area contributed by atoms with Gasteiger partial charge < -0.3 is 9.88 Å². The number of H-pyrrole nitrogens is 1. The van der Waals surface area contributed by atoms with Gasteiger partial charge in [-0.25, -0.2) is 4.98 Å². The minimum absolute atomic E-state index is 0.0266. The van der Waals surface area contributed by atoms with E-state index < -0.39 is 5.41 Å². The second kappa shape index (κ2) is 7.23. The van der Waals surface area contributed by atoms with E-state index in [2.05, 4.69) is 9.97 Å². The molecule has 26 heavy (non-hydrogen) atoms. The van der Waals surface area contributed by atoms with Crippen molar-refractivity contribution in [1.82, 2.24) is 14.9 Å². The van der Waals surface area contributed by atoms with Gasteiger partial charge in [-0.3, -0.25) is 9.59 Å². The zero-order valence-corrected chi connectivity index (χ0v) is 16.2. The number of halogens is 1. The third kappa shape index (κ3) is 3.83. The molecule has 0 radical (unpaired) electrons. The molecule has 1 amide bonds. The summed E-state index contributed by atoms with van der Waals surface area (Å²) in [4.78, 5) is 34.4. The lowest BCUT2D eigenvalue weighted by atomic mass is 9.93. The van der Waals surface area contributed by atoms with Crippen LogP contribution in [0.15, 0.2) is 29.1 Å². The Morgan fingerprint density at radius 2 is 2.00 bits per heavy atom. The number of benzene rings is 1. The van der Waals surface area contributed by atoms with E-state index in [0.29, 0.717) is 37.3 Å². The van der Waals surface area contributed by atoms with Gasteiger partial charge in [0.2, 0.25) is 5.91 Å². The van der Waals surface area contributed by atoms with Crippen LogP contribution < -0.4 is 5.56 Å². The van der Waals surface area contributed by atoms with Crippen LogP contribution in [-0.4, -0.2) is 33.2 Å². The molecule has 5 nitrogen and oxygen atoms in total. The van der Waals surface area contributed by atoms with Crippen molar-refractivity contribution in [3.63, 3.8) is 0 Å². The predicted molar refractivity (Wildman–Crippen MR) is 102 cm³/mol. The number of rotatable bonds is 4. The molecule has 1 aromatic heterocycles. The van der Waals surface area contributed by atoms with Gasteiger partial charge in [-0.1, -0.05) is 29.8 Å². The second-order valence-electron chi connectivity index (χ2n) is 7.59. The Kier molecular flexibility index (Phi) is 5.19. The van der Waals surface area contributed by atoms with Gasteiger partial charge in [-0.15, -0.1) is 11.6 Å². The summed E-state index contributed by atoms with van der Waals surface area (Å²) in [6.07, 6.45) is 1.18. The molecule has 3 rings (SSSR count). The van der Waals surface area contributed by atoms with Crippen molar-refractivity contribution in [2.45, 2.75) is 40.2 Å². The molecule has 6 heteroatoms. The number of nitrogens with one attached hydrogen (secondary N) is 1. The van der Waals surface area contributed by atoms with Gasteiger partial charge in [0.05, 0.1) is 23.2 Å². The average Bonchev–Trinajstić information content (AvgIpc) is 2.63. The molecule has 1 aromatic carbocycles. The third-order valence-electron chi connectivity index (χ3n) is 4.81. The zero-order valence-electron chi connectivity index (χ0n) is 15.4. The summed E-state index contributed by atoms with van der Waals surface area (Å²) in [6, 6.07) is 8.19. The van der Waals surface area contributed by atoms with Crippen LogP contribution in [0.2, 0.25) is 0 Å². The summed E-state index contributed by atoms with van der Waals surface area (Å²) in [7, 11) is 0. The molecular weight excluding hydrogens is 350 g/mol. The van der Waals surface area contributed by atoms with Crippen LogP contribution in [-0.2, 0) is 24.2 Å². The molecule has 0 saturated heterocycles. The number of nitrogens with zero attached hydrogens (tertiary/aromatic N) is 2. The minimum atomic E-state index is -0.634. The van der Waals surface area contributed by atoms with Crippen LogP contribution in [0, 0.1) is 12.3 Å². The Bertz CT molecular complexity index is 872. The van der Waals surface area contributed by atoms with E-state index in [1.807, 2.05) is 45.0 Å². The van der Waals surface area contributed by atoms with E-state index in [0.717, 1.165) is 11.3 Å². The summed E-state index contributed by atoms with van der Waals surface area (Å²) < 4.78 is 0. The number of hydrogen-bond donors (Lipinski definition) is 1. The fraction of sp³-hybridized carbons (Fsp3) is 0.450. The predicted octanol–water partition coefficient (Wildman–Crippen LogP) is 2.82. The van der Waals surface area contributed by atoms with Crippen molar-refractivity contribution in [2.75, 3.05) is 12.4 Å². The topological polar surface area (TPSA) is 66.1 Å². The highest BCUT2D eigenvalue weighted by Gasteiger charge is 2.34. The average molecular weight is 374 g/mol. The summed E-state index contributed by atoms with van der Waals surface area (Å²) in [5, 5.41) is 0. The molecule has 0 bridgehead atoms. The molecule has 0 aliphatic carbocycles. The lowest BCUT2D eigenvalue weighted by Gasteiger charge is -2.33. The van der Waals surface area contributed by atoms with Crippen LogP contribution in [0.1, 0.15) is 42.1 Å². The Hall–Kier alpha value is -2.14. The molecule has 0 fully saturated rings. The maximum atomic E-state index is 12.6. The largest absolute Gasteiger partial charge is 0.337 e. The van der Waals surface area contributed by atoms with Gasteiger partial charge in [-0.05, 0) is 26.3 Å². The normalized spacial score (nSPS) is 14.2. The van der Waals surface area contributed by atoms with Crippen molar-refractivity contribution >= 4 is 17.5 Å². The standard InChI is InChI=1S/C20H24ClN3O2/c1-13-4-6-14(7-5-13)10-17-22-16-8-9-24(11-15(16)18(25)23-17)19(26)20(2,3)12-21/h4-7H,8-12H2,1-3H3,(H,22,23,25). The maximum Gasteiger partial charge on any atom is 0.256 e. The monoisotopic (exact) mass is 373 g/mol. The molecule has 0 atom stereocenters. The SMILES string of the molecule is Cc1ccc(Cc2nc3c(c(=O)[nH]2)CN(C(=O)C(C)(C)CCl)CC3)cc1. The fourth-order valence-corrected chi connectivity index (χ4v) is 3.23. The van der Waals surface area contributed by atoms with Crippen LogP contribution in [0.5, 0.6) is 0 Å². The van der Waals surface area contributed by atoms with Gasteiger partial charge in [0.25, 0.3) is 5.56 Å². The molecule has 1 N–H and O–H groups in total. The molecule has 2 heterocycles. The minimum Gasteiger partial charge on any atom is -0.337 e. The summed E-state index contributed by atoms with van der Waals surface area (Å²) in [5.74, 6) is 0.888. The van der Waals surface area contributed by atoms with Crippen LogP contribution in [0.25, 0.3) is 0 Å². The molecule has 138 valence electrons. The number of aromatic nitrogens is 2. The smallest absolute Gasteiger partial charge is 0.256 e. The molecule has 0 saturated carbocycles. The molecule has 1 aliphatic heterocycles.